The molecule has 3 aromatic rings. The zero-order valence-corrected chi connectivity index (χ0v) is 17.3. The molecule has 9 heteroatoms. The van der Waals surface area contributed by atoms with Crippen molar-refractivity contribution in [3.05, 3.63) is 78.6 Å². The first kappa shape index (κ1) is 20.3. The highest BCUT2D eigenvalue weighted by Crippen LogP contribution is 2.17. The number of anilines is 2. The van der Waals surface area contributed by atoms with E-state index in [2.05, 4.69) is 54.3 Å². The van der Waals surface area contributed by atoms with Crippen LogP contribution in [0.3, 0.4) is 0 Å². The number of hydrogen-bond acceptors (Lipinski definition) is 7. The van der Waals surface area contributed by atoms with Crippen LogP contribution < -0.4 is 15.2 Å². The highest BCUT2D eigenvalue weighted by Gasteiger charge is 2.19. The number of hydrazine groups is 1. The lowest BCUT2D eigenvalue weighted by molar-refractivity contribution is 0.249. The summed E-state index contributed by atoms with van der Waals surface area (Å²) in [4.78, 5) is 15.6. The molecule has 1 saturated heterocycles. The van der Waals surface area contributed by atoms with Crippen LogP contribution in [0, 0.1) is 0 Å². The minimum Gasteiger partial charge on any atom is -0.354 e. The van der Waals surface area contributed by atoms with Gasteiger partial charge in [-0.25, -0.2) is 18.4 Å². The maximum atomic E-state index is 12.3. The number of nitrogens with zero attached hydrogens (tertiary/aromatic N) is 4. The molecule has 0 spiro atoms. The highest BCUT2D eigenvalue weighted by atomic mass is 32.2. The average molecular weight is 425 g/mol. The van der Waals surface area contributed by atoms with Crippen LogP contribution in [0.15, 0.2) is 78.0 Å². The molecular formula is C21H24N6O2S. The first-order valence-corrected chi connectivity index (χ1v) is 11.2. The van der Waals surface area contributed by atoms with Crippen LogP contribution in [-0.2, 0) is 16.6 Å². The Labute approximate surface area is 176 Å². The molecule has 1 aliphatic rings. The third kappa shape index (κ3) is 5.12. The van der Waals surface area contributed by atoms with Gasteiger partial charge >= 0.3 is 0 Å². The van der Waals surface area contributed by atoms with Gasteiger partial charge in [0.1, 0.15) is 18.0 Å². The fourth-order valence-electron chi connectivity index (χ4n) is 3.34. The number of rotatable bonds is 7. The van der Waals surface area contributed by atoms with Crippen LogP contribution >= 0.6 is 0 Å². The summed E-state index contributed by atoms with van der Waals surface area (Å²) < 4.78 is 24.7. The van der Waals surface area contributed by atoms with Crippen LogP contribution in [-0.4, -0.2) is 49.5 Å². The van der Waals surface area contributed by atoms with E-state index in [1.165, 1.54) is 24.0 Å². The lowest BCUT2D eigenvalue weighted by Gasteiger charge is -2.35. The molecule has 2 heterocycles. The Balaban J connectivity index is 1.34. The molecule has 2 aromatic carbocycles. The van der Waals surface area contributed by atoms with Crippen LogP contribution in [0.4, 0.5) is 11.6 Å². The number of nitrogens with one attached hydrogen (secondary N) is 2. The van der Waals surface area contributed by atoms with Crippen molar-refractivity contribution in [1.82, 2.24) is 19.7 Å². The molecule has 2 N–H and O–H groups in total. The number of piperazine rings is 1. The molecule has 0 bridgehead atoms. The van der Waals surface area contributed by atoms with E-state index in [0.29, 0.717) is 5.82 Å². The largest absolute Gasteiger partial charge is 0.354 e. The molecule has 156 valence electrons. The molecule has 0 aliphatic carbocycles. The Kier molecular flexibility index (Phi) is 6.22. The molecule has 30 heavy (non-hydrogen) atoms. The predicted octanol–water partition coefficient (Wildman–Crippen LogP) is 2.10. The molecular weight excluding hydrogens is 400 g/mol. The van der Waals surface area contributed by atoms with E-state index in [9.17, 15) is 8.42 Å². The van der Waals surface area contributed by atoms with Crippen molar-refractivity contribution >= 4 is 21.7 Å². The Morgan fingerprint density at radius 3 is 2.23 bits per heavy atom. The average Bonchev–Trinajstić information content (AvgIpc) is 2.80. The summed E-state index contributed by atoms with van der Waals surface area (Å²) >= 11 is 0. The number of sulfonamides is 1. The second kappa shape index (κ2) is 9.21. The van der Waals surface area contributed by atoms with E-state index in [0.717, 1.165) is 38.5 Å². The number of benzene rings is 2. The van der Waals surface area contributed by atoms with E-state index in [-0.39, 0.29) is 4.90 Å². The fourth-order valence-corrected chi connectivity index (χ4v) is 4.22. The van der Waals surface area contributed by atoms with Gasteiger partial charge in [0.05, 0.1) is 4.90 Å². The molecule has 4 rings (SSSR count). The van der Waals surface area contributed by atoms with Gasteiger partial charge in [-0.05, 0) is 17.7 Å². The van der Waals surface area contributed by atoms with Gasteiger partial charge in [-0.2, -0.15) is 0 Å². The summed E-state index contributed by atoms with van der Waals surface area (Å²) in [5.41, 5.74) is 3.99. The van der Waals surface area contributed by atoms with Crippen molar-refractivity contribution in [3.63, 3.8) is 0 Å². The van der Waals surface area contributed by atoms with Gasteiger partial charge in [-0.1, -0.05) is 48.5 Å². The van der Waals surface area contributed by atoms with Crippen molar-refractivity contribution in [2.75, 3.05) is 36.5 Å². The zero-order valence-electron chi connectivity index (χ0n) is 16.5. The van der Waals surface area contributed by atoms with Crippen molar-refractivity contribution in [3.8, 4) is 0 Å². The van der Waals surface area contributed by atoms with Gasteiger partial charge in [0.2, 0.25) is 0 Å². The van der Waals surface area contributed by atoms with E-state index in [1.54, 1.807) is 24.3 Å². The van der Waals surface area contributed by atoms with Crippen molar-refractivity contribution in [1.29, 1.82) is 0 Å². The minimum atomic E-state index is -3.68. The minimum absolute atomic E-state index is 0.182. The highest BCUT2D eigenvalue weighted by molar-refractivity contribution is 7.89. The molecule has 0 amide bonds. The standard InChI is InChI=1S/C21H24N6O2S/c28-30(29,19-9-5-2-6-10-19)25-24-20-15-21(23-17-22-20)27-13-11-26(12-14-27)16-18-7-3-1-4-8-18/h1-10,15,17,25H,11-14,16H2,(H,22,23,24). The molecule has 0 saturated carbocycles. The monoisotopic (exact) mass is 424 g/mol. The van der Waals surface area contributed by atoms with Crippen LogP contribution in [0.2, 0.25) is 0 Å². The number of hydrogen-bond donors (Lipinski definition) is 2. The molecule has 1 aliphatic heterocycles. The van der Waals surface area contributed by atoms with Crippen LogP contribution in [0.25, 0.3) is 0 Å². The van der Waals surface area contributed by atoms with E-state index in [1.807, 2.05) is 6.07 Å². The summed E-state index contributed by atoms with van der Waals surface area (Å²) in [5, 5.41) is 0. The summed E-state index contributed by atoms with van der Waals surface area (Å²) in [7, 11) is -3.68. The Bertz CT molecular complexity index is 1060. The third-order valence-corrected chi connectivity index (χ3v) is 6.23. The maximum Gasteiger partial charge on any atom is 0.257 e. The zero-order chi connectivity index (χ0) is 20.8. The topological polar surface area (TPSA) is 90.5 Å². The molecule has 8 nitrogen and oxygen atoms in total. The second-order valence-corrected chi connectivity index (χ2v) is 8.74. The number of aromatic nitrogens is 2. The lowest BCUT2D eigenvalue weighted by Crippen LogP contribution is -2.46. The summed E-state index contributed by atoms with van der Waals surface area (Å²) in [6.07, 6.45) is 1.44. The smallest absolute Gasteiger partial charge is 0.257 e. The third-order valence-electron chi connectivity index (χ3n) is 4.96. The summed E-state index contributed by atoms with van der Waals surface area (Å²) in [6.45, 7) is 4.50. The van der Waals surface area contributed by atoms with E-state index >= 15 is 0 Å². The van der Waals surface area contributed by atoms with Crippen LogP contribution in [0.1, 0.15) is 5.56 Å². The fraction of sp³-hybridized carbons (Fsp3) is 0.238. The van der Waals surface area contributed by atoms with Gasteiger partial charge in [0.15, 0.2) is 0 Å². The summed E-state index contributed by atoms with van der Waals surface area (Å²) in [5.74, 6) is 1.16. The SMILES string of the molecule is O=S(=O)(NNc1cc(N2CCN(Cc3ccccc3)CC2)ncn1)c1ccccc1. The van der Waals surface area contributed by atoms with Gasteiger partial charge in [0.25, 0.3) is 10.0 Å². The first-order valence-electron chi connectivity index (χ1n) is 9.76. The Morgan fingerprint density at radius 1 is 0.867 bits per heavy atom. The quantitative estimate of drug-likeness (QED) is 0.562. The molecule has 0 radical (unpaired) electrons. The molecule has 0 unspecified atom stereocenters. The van der Waals surface area contributed by atoms with Crippen molar-refractivity contribution in [2.45, 2.75) is 11.4 Å². The normalized spacial score (nSPS) is 15.1. The maximum absolute atomic E-state index is 12.3. The molecule has 1 fully saturated rings. The summed E-state index contributed by atoms with van der Waals surface area (Å²) in [6, 6.07) is 20.4. The van der Waals surface area contributed by atoms with E-state index < -0.39 is 10.0 Å². The lowest BCUT2D eigenvalue weighted by atomic mass is 10.2. The second-order valence-electron chi connectivity index (χ2n) is 7.05. The Morgan fingerprint density at radius 2 is 1.53 bits per heavy atom. The predicted molar refractivity (Wildman–Crippen MR) is 116 cm³/mol. The van der Waals surface area contributed by atoms with Crippen molar-refractivity contribution < 1.29 is 8.42 Å². The first-order chi connectivity index (χ1) is 14.6. The van der Waals surface area contributed by atoms with Gasteiger partial charge in [-0.3, -0.25) is 10.3 Å². The van der Waals surface area contributed by atoms with Gasteiger partial charge in [-0.15, -0.1) is 4.83 Å². The molecule has 0 atom stereocenters. The van der Waals surface area contributed by atoms with E-state index in [4.69, 9.17) is 0 Å². The van der Waals surface area contributed by atoms with Crippen molar-refractivity contribution in [2.24, 2.45) is 0 Å². The van der Waals surface area contributed by atoms with Crippen LogP contribution in [0.5, 0.6) is 0 Å². The van der Waals surface area contributed by atoms with Gasteiger partial charge < -0.3 is 4.90 Å². The Hall–Kier alpha value is -3.01. The molecule has 1 aromatic heterocycles. The van der Waals surface area contributed by atoms with Gasteiger partial charge in [0, 0.05) is 38.8 Å².